The van der Waals surface area contributed by atoms with Crippen LogP contribution in [0.2, 0.25) is 0 Å². The topological polar surface area (TPSA) is 239 Å². The Kier molecular flexibility index (Phi) is 9.65. The van der Waals surface area contributed by atoms with E-state index in [4.69, 9.17) is 14.7 Å². The van der Waals surface area contributed by atoms with Crippen molar-refractivity contribution in [1.29, 1.82) is 0 Å². The number of non-ortho nitro benzene ring substituents is 4. The van der Waals surface area contributed by atoms with E-state index in [0.717, 1.165) is 0 Å². The van der Waals surface area contributed by atoms with Gasteiger partial charge in [0.05, 0.1) is 42.5 Å². The molecule has 2 heterocycles. The average Bonchev–Trinajstić information content (AvgIpc) is 3.91. The van der Waals surface area contributed by atoms with Crippen molar-refractivity contribution in [3.05, 3.63) is 186 Å². The molecule has 2 N–H and O–H groups in total. The Morgan fingerprint density at radius 1 is 0.356 bits per heavy atom. The van der Waals surface area contributed by atoms with Crippen molar-refractivity contribution >= 4 is 22.7 Å². The van der Waals surface area contributed by atoms with E-state index in [9.17, 15) is 40.5 Å². The third-order valence-electron chi connectivity index (χ3n) is 9.34. The number of aromatic nitrogens is 4. The molecule has 8 rings (SSSR count). The summed E-state index contributed by atoms with van der Waals surface area (Å²) in [7, 11) is 0. The lowest BCUT2D eigenvalue weighted by molar-refractivity contribution is -0.385. The van der Waals surface area contributed by atoms with Crippen LogP contribution in [0.4, 0.5) is 22.7 Å². The molecular weight excluding hydrogens is 761 g/mol. The SMILES string of the molecule is O=[N+]([O-])c1ccc(-c2nc(-c3ccc(Oc4ccc(-c5nc(-c6ccc([N+](=O)[O-])cc6)[nH]c5-c5ccc([N+](=O)[O-])cc5)cc4)cc3)c(-c3ccc([N+](=O)[O-])cc3)[nH]2)cc1. The molecule has 0 spiro atoms. The fourth-order valence-corrected chi connectivity index (χ4v) is 6.33. The maximum absolute atomic E-state index is 11.3. The minimum Gasteiger partial charge on any atom is -0.457 e. The highest BCUT2D eigenvalue weighted by Crippen LogP contribution is 2.38. The summed E-state index contributed by atoms with van der Waals surface area (Å²) in [5, 5.41) is 45.0. The van der Waals surface area contributed by atoms with Crippen molar-refractivity contribution in [2.45, 2.75) is 0 Å². The maximum atomic E-state index is 11.3. The molecule has 0 radical (unpaired) electrons. The molecule has 288 valence electrons. The first-order valence-electron chi connectivity index (χ1n) is 17.6. The molecule has 0 atom stereocenters. The van der Waals surface area contributed by atoms with Crippen molar-refractivity contribution < 1.29 is 24.4 Å². The van der Waals surface area contributed by atoms with Crippen LogP contribution in [0.3, 0.4) is 0 Å². The Morgan fingerprint density at radius 2 is 0.610 bits per heavy atom. The van der Waals surface area contributed by atoms with E-state index in [1.807, 2.05) is 24.3 Å². The number of rotatable bonds is 12. The van der Waals surface area contributed by atoms with Crippen LogP contribution in [0.25, 0.3) is 67.8 Å². The van der Waals surface area contributed by atoms with Gasteiger partial charge in [-0.15, -0.1) is 0 Å². The van der Waals surface area contributed by atoms with Crippen molar-refractivity contribution in [3.63, 3.8) is 0 Å². The van der Waals surface area contributed by atoms with Crippen LogP contribution < -0.4 is 4.74 Å². The second-order valence-corrected chi connectivity index (χ2v) is 13.0. The molecule has 17 nitrogen and oxygen atoms in total. The first-order chi connectivity index (χ1) is 28.5. The Balaban J connectivity index is 1.07. The van der Waals surface area contributed by atoms with Gasteiger partial charge in [0.15, 0.2) is 0 Å². The lowest BCUT2D eigenvalue weighted by Crippen LogP contribution is -1.89. The van der Waals surface area contributed by atoms with Gasteiger partial charge in [0.1, 0.15) is 23.1 Å². The van der Waals surface area contributed by atoms with E-state index >= 15 is 0 Å². The molecule has 0 bridgehead atoms. The smallest absolute Gasteiger partial charge is 0.269 e. The number of hydrogen-bond acceptors (Lipinski definition) is 11. The van der Waals surface area contributed by atoms with Crippen LogP contribution in [-0.2, 0) is 0 Å². The molecule has 17 heteroatoms. The fraction of sp³-hybridized carbons (Fsp3) is 0. The van der Waals surface area contributed by atoms with Gasteiger partial charge in [-0.2, -0.15) is 0 Å². The van der Waals surface area contributed by atoms with Crippen LogP contribution >= 0.6 is 0 Å². The molecule has 0 fully saturated rings. The van der Waals surface area contributed by atoms with Gasteiger partial charge in [0.25, 0.3) is 22.7 Å². The van der Waals surface area contributed by atoms with Gasteiger partial charge in [0.2, 0.25) is 0 Å². The monoisotopic (exact) mass is 786 g/mol. The second-order valence-electron chi connectivity index (χ2n) is 13.0. The van der Waals surface area contributed by atoms with Gasteiger partial charge in [0, 0.05) is 81.9 Å². The molecule has 0 unspecified atom stereocenters. The van der Waals surface area contributed by atoms with E-state index in [1.165, 1.54) is 48.5 Å². The molecule has 0 aliphatic heterocycles. The minimum absolute atomic E-state index is 0.0664. The van der Waals surface area contributed by atoms with Crippen LogP contribution in [-0.4, -0.2) is 39.6 Å². The number of imidazole rings is 2. The Hall–Kier alpha value is -8.86. The zero-order valence-corrected chi connectivity index (χ0v) is 30.2. The first kappa shape index (κ1) is 37.1. The molecular formula is C42H26N8O9. The highest BCUT2D eigenvalue weighted by molar-refractivity contribution is 5.83. The highest BCUT2D eigenvalue weighted by Gasteiger charge is 2.20. The Labute approximate surface area is 331 Å². The summed E-state index contributed by atoms with van der Waals surface area (Å²) in [4.78, 5) is 59.3. The average molecular weight is 787 g/mol. The number of nitro benzene ring substituents is 4. The third kappa shape index (κ3) is 7.69. The lowest BCUT2D eigenvalue weighted by atomic mass is 10.0. The van der Waals surface area contributed by atoms with Crippen molar-refractivity contribution in [1.82, 2.24) is 19.9 Å². The van der Waals surface area contributed by atoms with Crippen LogP contribution in [0.1, 0.15) is 0 Å². The number of nitrogens with zero attached hydrogens (tertiary/aromatic N) is 6. The molecule has 2 aromatic heterocycles. The highest BCUT2D eigenvalue weighted by atomic mass is 16.6. The van der Waals surface area contributed by atoms with Crippen LogP contribution in [0.15, 0.2) is 146 Å². The number of ether oxygens (including phenoxy) is 1. The van der Waals surface area contributed by atoms with E-state index in [0.29, 0.717) is 79.3 Å². The largest absolute Gasteiger partial charge is 0.457 e. The molecule has 59 heavy (non-hydrogen) atoms. The predicted octanol–water partition coefficient (Wildman–Crippen LogP) is 10.6. The van der Waals surface area contributed by atoms with Gasteiger partial charge < -0.3 is 14.7 Å². The zero-order chi connectivity index (χ0) is 41.2. The summed E-state index contributed by atoms with van der Waals surface area (Å²) in [6.45, 7) is 0. The van der Waals surface area contributed by atoms with Gasteiger partial charge in [-0.05, 0) is 97.1 Å². The van der Waals surface area contributed by atoms with Gasteiger partial charge in [-0.1, -0.05) is 0 Å². The third-order valence-corrected chi connectivity index (χ3v) is 9.34. The van der Waals surface area contributed by atoms with Crippen LogP contribution in [0, 0.1) is 40.5 Å². The van der Waals surface area contributed by atoms with Gasteiger partial charge in [-0.25, -0.2) is 9.97 Å². The second kappa shape index (κ2) is 15.3. The Morgan fingerprint density at radius 3 is 0.881 bits per heavy atom. The van der Waals surface area contributed by atoms with Gasteiger partial charge in [-0.3, -0.25) is 40.5 Å². The van der Waals surface area contributed by atoms with E-state index in [2.05, 4.69) is 9.97 Å². The lowest BCUT2D eigenvalue weighted by Gasteiger charge is -2.09. The van der Waals surface area contributed by atoms with E-state index in [1.54, 1.807) is 72.8 Å². The standard InChI is InChI=1S/C42H26N8O9/c51-47(52)31-13-1-25(2-14-31)37-39(45-41(43-37)29-5-17-33(18-6-29)49(55)56)27-9-21-35(22-10-27)59-36-23-11-28(12-24-36)40-38(26-3-15-32(16-4-26)48(53)54)44-42(46-40)30-7-19-34(20-8-30)50(57)58/h1-24H,(H,43,45)(H,44,46). The van der Waals surface area contributed by atoms with E-state index in [-0.39, 0.29) is 22.7 Å². The minimum atomic E-state index is -0.488. The normalized spacial score (nSPS) is 10.9. The number of nitrogens with one attached hydrogen (secondary N) is 2. The molecule has 0 aliphatic rings. The van der Waals surface area contributed by atoms with E-state index < -0.39 is 19.7 Å². The predicted molar refractivity (Wildman–Crippen MR) is 216 cm³/mol. The summed E-state index contributed by atoms with van der Waals surface area (Å²) in [5.74, 6) is 1.90. The summed E-state index contributed by atoms with van der Waals surface area (Å²) in [6.07, 6.45) is 0. The van der Waals surface area contributed by atoms with Crippen LogP contribution in [0.5, 0.6) is 11.5 Å². The summed E-state index contributed by atoms with van der Waals surface area (Å²) in [5.41, 5.74) is 5.86. The number of hydrogen-bond donors (Lipinski definition) is 2. The number of aromatic amines is 2. The molecule has 0 amide bonds. The van der Waals surface area contributed by atoms with Crippen molar-refractivity contribution in [2.24, 2.45) is 0 Å². The van der Waals surface area contributed by atoms with Crippen molar-refractivity contribution in [2.75, 3.05) is 0 Å². The molecule has 0 aliphatic carbocycles. The zero-order valence-electron chi connectivity index (χ0n) is 30.2. The fourth-order valence-electron chi connectivity index (χ4n) is 6.33. The summed E-state index contributed by atoms with van der Waals surface area (Å²) in [6, 6.07) is 38.2. The van der Waals surface area contributed by atoms with Gasteiger partial charge >= 0.3 is 0 Å². The number of benzene rings is 6. The molecule has 6 aromatic carbocycles. The molecule has 0 saturated heterocycles. The summed E-state index contributed by atoms with van der Waals surface area (Å²) >= 11 is 0. The number of H-pyrrole nitrogens is 2. The first-order valence-corrected chi connectivity index (χ1v) is 17.6. The van der Waals surface area contributed by atoms with Crippen molar-refractivity contribution in [3.8, 4) is 79.3 Å². The molecule has 8 aromatic rings. The number of nitro groups is 4. The maximum Gasteiger partial charge on any atom is 0.269 e. The quantitative estimate of drug-likeness (QED) is 0.0871. The Bertz CT molecular complexity index is 2670. The summed E-state index contributed by atoms with van der Waals surface area (Å²) < 4.78 is 6.18. The molecule has 0 saturated carbocycles.